The van der Waals surface area contributed by atoms with E-state index in [0.29, 0.717) is 45.0 Å². The maximum Gasteiger partial charge on any atom is 0.252 e. The first-order valence-electron chi connectivity index (χ1n) is 12.1. The largest absolute Gasteiger partial charge is 0.492 e. The second-order valence-corrected chi connectivity index (χ2v) is 13.3. The Morgan fingerprint density at radius 3 is 2.08 bits per heavy atom. The summed E-state index contributed by atoms with van der Waals surface area (Å²) in [6, 6.07) is 10.3. The highest BCUT2D eigenvalue weighted by Gasteiger charge is 2.29. The van der Waals surface area contributed by atoms with E-state index in [9.17, 15) is 21.6 Å². The standard InChI is InChI=1S/C24H31ClN4O6S2/c1-27-13-15-29(16-14-27)37(33,34)21-8-9-23(25)22(18-21)24(30)26-10-17-35-19-4-6-20(7-5-19)36(31,32)28-11-2-3-12-28/h4-9,18H,2-3,10-17H2,1H3,(H,26,30). The van der Waals surface area contributed by atoms with Crippen molar-refractivity contribution >= 4 is 37.6 Å². The van der Waals surface area contributed by atoms with Gasteiger partial charge in [0.05, 0.1) is 26.9 Å². The second-order valence-electron chi connectivity index (χ2n) is 9.04. The summed E-state index contributed by atoms with van der Waals surface area (Å²) < 4.78 is 59.8. The molecule has 2 heterocycles. The normalized spacial score (nSPS) is 18.1. The van der Waals surface area contributed by atoms with Gasteiger partial charge in [0.2, 0.25) is 20.0 Å². The molecule has 37 heavy (non-hydrogen) atoms. The number of hydrogen-bond donors (Lipinski definition) is 1. The first-order valence-corrected chi connectivity index (χ1v) is 15.3. The molecule has 0 saturated carbocycles. The van der Waals surface area contributed by atoms with Crippen molar-refractivity contribution in [2.45, 2.75) is 22.6 Å². The van der Waals surface area contributed by atoms with Gasteiger partial charge in [0.1, 0.15) is 12.4 Å². The average molecular weight is 571 g/mol. The quantitative estimate of drug-likeness (QED) is 0.457. The molecule has 2 saturated heterocycles. The molecule has 202 valence electrons. The van der Waals surface area contributed by atoms with Crippen molar-refractivity contribution in [2.75, 3.05) is 59.5 Å². The Morgan fingerprint density at radius 2 is 1.43 bits per heavy atom. The summed E-state index contributed by atoms with van der Waals surface area (Å²) in [5.74, 6) is -0.0518. The highest BCUT2D eigenvalue weighted by molar-refractivity contribution is 7.89. The number of piperazine rings is 1. The lowest BCUT2D eigenvalue weighted by Crippen LogP contribution is -2.47. The SMILES string of the molecule is CN1CCN(S(=O)(=O)c2ccc(Cl)c(C(=O)NCCOc3ccc(S(=O)(=O)N4CCCC4)cc3)c2)CC1. The highest BCUT2D eigenvalue weighted by atomic mass is 35.5. The van der Waals surface area contributed by atoms with Crippen molar-refractivity contribution in [3.8, 4) is 5.75 Å². The van der Waals surface area contributed by atoms with E-state index in [2.05, 4.69) is 10.2 Å². The Morgan fingerprint density at radius 1 is 0.865 bits per heavy atom. The molecule has 4 rings (SSSR count). The van der Waals surface area contributed by atoms with E-state index in [0.717, 1.165) is 12.8 Å². The van der Waals surface area contributed by atoms with Gasteiger partial charge in [-0.2, -0.15) is 8.61 Å². The molecule has 0 bridgehead atoms. The van der Waals surface area contributed by atoms with Gasteiger partial charge >= 0.3 is 0 Å². The smallest absolute Gasteiger partial charge is 0.252 e. The van der Waals surface area contributed by atoms with Gasteiger partial charge in [-0.05, 0) is 62.4 Å². The Balaban J connectivity index is 1.32. The number of carbonyl (C=O) groups is 1. The number of rotatable bonds is 9. The van der Waals surface area contributed by atoms with Gasteiger partial charge in [-0.25, -0.2) is 16.8 Å². The molecule has 0 unspecified atom stereocenters. The monoisotopic (exact) mass is 570 g/mol. The minimum atomic E-state index is -3.74. The molecule has 1 amide bonds. The van der Waals surface area contributed by atoms with Crippen molar-refractivity contribution in [1.82, 2.24) is 18.8 Å². The van der Waals surface area contributed by atoms with Crippen LogP contribution >= 0.6 is 11.6 Å². The van der Waals surface area contributed by atoms with Crippen LogP contribution in [0.15, 0.2) is 52.3 Å². The summed E-state index contributed by atoms with van der Waals surface area (Å²) in [5.41, 5.74) is 0.0633. The number of amides is 1. The van der Waals surface area contributed by atoms with E-state index in [1.807, 2.05) is 7.05 Å². The fourth-order valence-electron chi connectivity index (χ4n) is 4.23. The second kappa shape index (κ2) is 11.7. The fourth-order valence-corrected chi connectivity index (χ4v) is 7.40. The van der Waals surface area contributed by atoms with E-state index in [1.54, 1.807) is 12.1 Å². The molecule has 2 aliphatic heterocycles. The molecule has 0 radical (unpaired) electrons. The van der Waals surface area contributed by atoms with Crippen LogP contribution in [0, 0.1) is 0 Å². The number of benzene rings is 2. The molecular weight excluding hydrogens is 540 g/mol. The molecule has 10 nitrogen and oxygen atoms in total. The minimum absolute atomic E-state index is 0.0202. The van der Waals surface area contributed by atoms with Crippen LogP contribution in [0.5, 0.6) is 5.75 Å². The van der Waals surface area contributed by atoms with Gasteiger partial charge in [0.15, 0.2) is 0 Å². The molecule has 0 atom stereocenters. The third-order valence-corrected chi connectivity index (χ3v) is 10.6. The van der Waals surface area contributed by atoms with Crippen LogP contribution in [0.25, 0.3) is 0 Å². The molecule has 0 aliphatic carbocycles. The number of ether oxygens (including phenoxy) is 1. The topological polar surface area (TPSA) is 116 Å². The summed E-state index contributed by atoms with van der Waals surface area (Å²) in [4.78, 5) is 15.0. The summed E-state index contributed by atoms with van der Waals surface area (Å²) in [7, 11) is -5.29. The zero-order valence-corrected chi connectivity index (χ0v) is 23.0. The molecule has 1 N–H and O–H groups in total. The van der Waals surface area contributed by atoms with Gasteiger partial charge in [-0.3, -0.25) is 4.79 Å². The number of sulfonamides is 2. The van der Waals surface area contributed by atoms with Crippen LogP contribution in [0.3, 0.4) is 0 Å². The first kappa shape index (κ1) is 27.8. The molecule has 0 aromatic heterocycles. The van der Waals surface area contributed by atoms with Gasteiger partial charge in [0.25, 0.3) is 5.91 Å². The van der Waals surface area contributed by atoms with Crippen LogP contribution in [0.1, 0.15) is 23.2 Å². The van der Waals surface area contributed by atoms with Gasteiger partial charge in [-0.15, -0.1) is 0 Å². The van der Waals surface area contributed by atoms with Gasteiger partial charge in [0, 0.05) is 39.3 Å². The predicted molar refractivity (Wildman–Crippen MR) is 140 cm³/mol. The van der Waals surface area contributed by atoms with Crippen molar-refractivity contribution in [2.24, 2.45) is 0 Å². The summed E-state index contributed by atoms with van der Waals surface area (Å²) in [6.07, 6.45) is 1.74. The predicted octanol–water partition coefficient (Wildman–Crippen LogP) is 1.87. The average Bonchev–Trinajstić information content (AvgIpc) is 3.43. The maximum atomic E-state index is 13.0. The Kier molecular flexibility index (Phi) is 8.77. The van der Waals surface area contributed by atoms with Gasteiger partial charge in [-0.1, -0.05) is 11.6 Å². The maximum absolute atomic E-state index is 13.0. The van der Waals surface area contributed by atoms with Gasteiger partial charge < -0.3 is 15.0 Å². The first-order chi connectivity index (χ1) is 17.6. The molecule has 0 spiro atoms. The van der Waals surface area contributed by atoms with E-state index in [1.165, 1.54) is 38.9 Å². The van der Waals surface area contributed by atoms with Crippen molar-refractivity contribution < 1.29 is 26.4 Å². The number of nitrogens with zero attached hydrogens (tertiary/aromatic N) is 3. The number of halogens is 1. The highest BCUT2D eigenvalue weighted by Crippen LogP contribution is 2.25. The fraction of sp³-hybridized carbons (Fsp3) is 0.458. The lowest BCUT2D eigenvalue weighted by Gasteiger charge is -2.31. The Labute approximate surface area is 223 Å². The zero-order chi connectivity index (χ0) is 26.6. The molecular formula is C24H31ClN4O6S2. The van der Waals surface area contributed by atoms with E-state index in [-0.39, 0.29) is 33.5 Å². The van der Waals surface area contributed by atoms with Crippen LogP contribution in [-0.4, -0.2) is 95.7 Å². The van der Waals surface area contributed by atoms with E-state index < -0.39 is 26.0 Å². The van der Waals surface area contributed by atoms with E-state index in [4.69, 9.17) is 16.3 Å². The summed E-state index contributed by atoms with van der Waals surface area (Å²) >= 11 is 6.19. The molecule has 2 aromatic carbocycles. The van der Waals surface area contributed by atoms with Crippen molar-refractivity contribution in [3.63, 3.8) is 0 Å². The van der Waals surface area contributed by atoms with Crippen molar-refractivity contribution in [3.05, 3.63) is 53.1 Å². The Bertz CT molecular complexity index is 1320. The zero-order valence-electron chi connectivity index (χ0n) is 20.6. The van der Waals surface area contributed by atoms with E-state index >= 15 is 0 Å². The third kappa shape index (κ3) is 6.44. The van der Waals surface area contributed by atoms with Crippen LogP contribution in [0.2, 0.25) is 5.02 Å². The molecule has 13 heteroatoms. The van der Waals surface area contributed by atoms with Crippen LogP contribution < -0.4 is 10.1 Å². The lowest BCUT2D eigenvalue weighted by atomic mass is 10.2. The summed E-state index contributed by atoms with van der Waals surface area (Å²) in [6.45, 7) is 3.37. The lowest BCUT2D eigenvalue weighted by molar-refractivity contribution is 0.0947. The molecule has 2 aliphatic rings. The summed E-state index contributed by atoms with van der Waals surface area (Å²) in [5, 5.41) is 2.82. The minimum Gasteiger partial charge on any atom is -0.492 e. The van der Waals surface area contributed by atoms with Crippen LogP contribution in [0.4, 0.5) is 0 Å². The molecule has 2 fully saturated rings. The Hall–Kier alpha value is -2.22. The third-order valence-electron chi connectivity index (χ3n) is 6.47. The van der Waals surface area contributed by atoms with Crippen molar-refractivity contribution in [1.29, 1.82) is 0 Å². The number of hydrogen-bond acceptors (Lipinski definition) is 7. The van der Waals surface area contributed by atoms with Crippen LogP contribution in [-0.2, 0) is 20.0 Å². The number of likely N-dealkylation sites (N-methyl/N-ethyl adjacent to an activating group) is 1. The number of carbonyl (C=O) groups excluding carboxylic acids is 1. The number of nitrogens with one attached hydrogen (secondary N) is 1. The molecule has 2 aromatic rings.